The van der Waals surface area contributed by atoms with Crippen LogP contribution in [0.5, 0.6) is 0 Å². The Balaban J connectivity index is 0. The van der Waals surface area contributed by atoms with E-state index in [-0.39, 0.29) is 12.4 Å². The van der Waals surface area contributed by atoms with Crippen molar-refractivity contribution >= 4 is 21.2 Å². The van der Waals surface area contributed by atoms with Gasteiger partial charge in [0.1, 0.15) is 0 Å². The molecule has 0 spiro atoms. The highest BCUT2D eigenvalue weighted by Gasteiger charge is 2.36. The van der Waals surface area contributed by atoms with Crippen LogP contribution in [-0.2, 0) is 13.3 Å². The lowest BCUT2D eigenvalue weighted by molar-refractivity contribution is 0.122. The first kappa shape index (κ1) is 30.5. The number of halogens is 1. The highest BCUT2D eigenvalue weighted by molar-refractivity contribution is 6.60. The molecule has 172 valence electrons. The molecule has 0 fully saturated rings. The molecule has 0 rings (SSSR count). The molecule has 0 saturated carbocycles. The quantitative estimate of drug-likeness (QED) is 0.156. The summed E-state index contributed by atoms with van der Waals surface area (Å²) in [4.78, 5) is 0. The number of hydrogen-bond donors (Lipinski definition) is 1. The zero-order valence-corrected chi connectivity index (χ0v) is 21.1. The van der Waals surface area contributed by atoms with E-state index in [1.165, 1.54) is 83.5 Å². The molecule has 0 saturated heterocycles. The van der Waals surface area contributed by atoms with Crippen molar-refractivity contribution in [1.82, 2.24) is 0 Å². The Labute approximate surface area is 183 Å². The van der Waals surface area contributed by atoms with Crippen molar-refractivity contribution in [3.63, 3.8) is 0 Å². The highest BCUT2D eigenvalue weighted by Crippen LogP contribution is 2.18. The Morgan fingerprint density at radius 2 is 0.964 bits per heavy atom. The molecule has 4 nitrogen and oxygen atoms in total. The van der Waals surface area contributed by atoms with Crippen LogP contribution in [0, 0.1) is 0 Å². The van der Waals surface area contributed by atoms with Gasteiger partial charge in [-0.1, -0.05) is 90.4 Å². The summed E-state index contributed by atoms with van der Waals surface area (Å²) in [7, 11) is 2.61. The molecule has 0 aliphatic carbocycles. The van der Waals surface area contributed by atoms with Crippen molar-refractivity contribution < 1.29 is 13.3 Å². The van der Waals surface area contributed by atoms with Gasteiger partial charge in [-0.25, -0.2) is 0 Å². The average molecular weight is 440 g/mol. The predicted octanol–water partition coefficient (Wildman–Crippen LogP) is 6.88. The second-order valence-electron chi connectivity index (χ2n) is 7.98. The fraction of sp³-hybridized carbons (Fsp3) is 1.00. The van der Waals surface area contributed by atoms with Crippen molar-refractivity contribution in [2.24, 2.45) is 5.73 Å². The van der Waals surface area contributed by atoms with Crippen LogP contribution in [0.15, 0.2) is 0 Å². The third-order valence-corrected chi connectivity index (χ3v) is 8.50. The summed E-state index contributed by atoms with van der Waals surface area (Å²) in [5, 5.41) is 0. The molecule has 6 heteroatoms. The summed E-state index contributed by atoms with van der Waals surface area (Å²) in [5.41, 5.74) is 6.26. The molecule has 0 aromatic rings. The van der Waals surface area contributed by atoms with Gasteiger partial charge in [-0.3, -0.25) is 0 Å². The summed E-state index contributed by atoms with van der Waals surface area (Å²) in [6.07, 6.45) is 21.4. The lowest BCUT2D eigenvalue weighted by atomic mass is 10.0. The zero-order chi connectivity index (χ0) is 20.2. The van der Waals surface area contributed by atoms with Gasteiger partial charge in [-0.2, -0.15) is 0 Å². The third-order valence-electron chi connectivity index (χ3n) is 5.67. The molecule has 2 N–H and O–H groups in total. The Morgan fingerprint density at radius 3 is 1.36 bits per heavy atom. The summed E-state index contributed by atoms with van der Waals surface area (Å²) < 4.78 is 16.4. The molecule has 1 unspecified atom stereocenters. The molecule has 0 amide bonds. The maximum Gasteiger partial charge on any atom is 0.500 e. The Bertz CT molecular complexity index is 299. The van der Waals surface area contributed by atoms with Crippen LogP contribution in [0.3, 0.4) is 0 Å². The SMILES string of the molecule is CCCCCCCCCCCCCCCC(N)CCC[Si](OC)(OC)OC.Cl. The van der Waals surface area contributed by atoms with E-state index in [2.05, 4.69) is 6.92 Å². The van der Waals surface area contributed by atoms with Gasteiger partial charge < -0.3 is 19.0 Å². The molecule has 0 aliphatic rings. The van der Waals surface area contributed by atoms with E-state index in [0.717, 1.165) is 25.3 Å². The fourth-order valence-corrected chi connectivity index (χ4v) is 5.46. The minimum Gasteiger partial charge on any atom is -0.377 e. The van der Waals surface area contributed by atoms with E-state index in [1.54, 1.807) is 21.3 Å². The molecule has 0 heterocycles. The number of rotatable bonds is 21. The standard InChI is InChI=1S/C22H49NO3Si.ClH/c1-5-6-7-8-9-10-11-12-13-14-15-16-17-19-22(23)20-18-21-27(24-2,25-3)26-4;/h22H,5-21,23H2,1-4H3;1H. The maximum atomic E-state index is 6.26. The zero-order valence-electron chi connectivity index (χ0n) is 19.3. The lowest BCUT2D eigenvalue weighted by Gasteiger charge is -2.24. The second kappa shape index (κ2) is 22.0. The highest BCUT2D eigenvalue weighted by atomic mass is 35.5. The summed E-state index contributed by atoms with van der Waals surface area (Å²) in [5.74, 6) is 0. The molecule has 0 aromatic heterocycles. The van der Waals surface area contributed by atoms with E-state index in [0.29, 0.717) is 6.04 Å². The average Bonchev–Trinajstić information content (AvgIpc) is 2.69. The minimum absolute atomic E-state index is 0. The summed E-state index contributed by atoms with van der Waals surface area (Å²) in [6.45, 7) is 2.28. The van der Waals surface area contributed by atoms with Crippen molar-refractivity contribution in [2.75, 3.05) is 21.3 Å². The van der Waals surface area contributed by atoms with Gasteiger partial charge in [0.15, 0.2) is 0 Å². The normalized spacial score (nSPS) is 12.8. The minimum atomic E-state index is -2.41. The van der Waals surface area contributed by atoms with Crippen molar-refractivity contribution in [3.05, 3.63) is 0 Å². The van der Waals surface area contributed by atoms with Crippen LogP contribution < -0.4 is 5.73 Å². The second-order valence-corrected chi connectivity index (χ2v) is 11.1. The Hall–Kier alpha value is 0.347. The van der Waals surface area contributed by atoms with Crippen molar-refractivity contribution in [2.45, 2.75) is 122 Å². The predicted molar refractivity (Wildman–Crippen MR) is 126 cm³/mol. The molecule has 0 aliphatic heterocycles. The Morgan fingerprint density at radius 1 is 0.607 bits per heavy atom. The van der Waals surface area contributed by atoms with Gasteiger partial charge in [0.2, 0.25) is 0 Å². The van der Waals surface area contributed by atoms with Gasteiger partial charge in [0.05, 0.1) is 0 Å². The number of unbranched alkanes of at least 4 members (excludes halogenated alkanes) is 12. The van der Waals surface area contributed by atoms with Crippen LogP contribution in [0.4, 0.5) is 0 Å². The Kier molecular flexibility index (Phi) is 24.0. The molecule has 0 aromatic carbocycles. The first-order valence-corrected chi connectivity index (χ1v) is 13.5. The van der Waals surface area contributed by atoms with Crippen LogP contribution in [0.25, 0.3) is 0 Å². The van der Waals surface area contributed by atoms with E-state index >= 15 is 0 Å². The van der Waals surface area contributed by atoms with E-state index in [4.69, 9.17) is 19.0 Å². The third kappa shape index (κ3) is 17.2. The van der Waals surface area contributed by atoms with Crippen LogP contribution in [0.1, 0.15) is 110 Å². The van der Waals surface area contributed by atoms with E-state index in [1.807, 2.05) is 0 Å². The fourth-order valence-electron chi connectivity index (χ4n) is 3.71. The number of hydrogen-bond acceptors (Lipinski definition) is 4. The van der Waals surface area contributed by atoms with Gasteiger partial charge in [0, 0.05) is 33.4 Å². The smallest absolute Gasteiger partial charge is 0.377 e. The maximum absolute atomic E-state index is 6.26. The van der Waals surface area contributed by atoms with Crippen LogP contribution >= 0.6 is 12.4 Å². The lowest BCUT2D eigenvalue weighted by Crippen LogP contribution is -2.42. The largest absolute Gasteiger partial charge is 0.500 e. The van der Waals surface area contributed by atoms with Crippen LogP contribution in [0.2, 0.25) is 6.04 Å². The van der Waals surface area contributed by atoms with E-state index in [9.17, 15) is 0 Å². The first-order valence-electron chi connectivity index (χ1n) is 11.5. The monoisotopic (exact) mass is 439 g/mol. The first-order chi connectivity index (χ1) is 13.1. The van der Waals surface area contributed by atoms with Gasteiger partial charge in [-0.15, -0.1) is 12.4 Å². The molecule has 0 bridgehead atoms. The van der Waals surface area contributed by atoms with Gasteiger partial charge in [0.25, 0.3) is 0 Å². The summed E-state index contributed by atoms with van der Waals surface area (Å²) >= 11 is 0. The topological polar surface area (TPSA) is 53.7 Å². The van der Waals surface area contributed by atoms with E-state index < -0.39 is 8.80 Å². The summed E-state index contributed by atoms with van der Waals surface area (Å²) in [6, 6.07) is 1.15. The van der Waals surface area contributed by atoms with Gasteiger partial charge in [-0.05, 0) is 19.3 Å². The molecule has 0 radical (unpaired) electrons. The molecular formula is C22H50ClNO3Si. The van der Waals surface area contributed by atoms with Gasteiger partial charge >= 0.3 is 8.80 Å². The number of nitrogens with two attached hydrogens (primary N) is 1. The molecule has 28 heavy (non-hydrogen) atoms. The van der Waals surface area contributed by atoms with Crippen molar-refractivity contribution in [3.8, 4) is 0 Å². The molecular weight excluding hydrogens is 390 g/mol. The van der Waals surface area contributed by atoms with Crippen molar-refractivity contribution in [1.29, 1.82) is 0 Å². The van der Waals surface area contributed by atoms with Crippen LogP contribution in [-0.4, -0.2) is 36.2 Å². The molecule has 1 atom stereocenters.